The van der Waals surface area contributed by atoms with E-state index in [-0.39, 0.29) is 23.0 Å². The van der Waals surface area contributed by atoms with Crippen molar-refractivity contribution in [1.82, 2.24) is 4.90 Å². The summed E-state index contributed by atoms with van der Waals surface area (Å²) in [5.74, 6) is 2.73. The second kappa shape index (κ2) is 10.5. The predicted molar refractivity (Wildman–Crippen MR) is 150 cm³/mol. The van der Waals surface area contributed by atoms with Gasteiger partial charge in [-0.25, -0.2) is 0 Å². The standard InChI is InChI=1S/C33H45NO4/c1-5-32(16-9-19-37-22-25-10-7-6-8-11-25)28-20-26-14-15-27(36-4)30-29(26)33(32,31(38-30)23(2)35-3)17-18-34(28)21-24-12-13-24/h6-8,10-11,14-15,23-24,28,31H,5,9,12-13,16-22H2,1-4H3/t23?,28-,31+,32-,33+/m0/s1. The molecule has 4 aliphatic rings. The first kappa shape index (κ1) is 26.2. The van der Waals surface area contributed by atoms with Gasteiger partial charge < -0.3 is 18.9 Å². The normalized spacial score (nSPS) is 30.5. The van der Waals surface area contributed by atoms with Gasteiger partial charge in [-0.15, -0.1) is 0 Å². The second-order valence-corrected chi connectivity index (χ2v) is 12.1. The topological polar surface area (TPSA) is 40.2 Å². The molecule has 5 atom stereocenters. The zero-order valence-corrected chi connectivity index (χ0v) is 23.7. The Kier molecular flexibility index (Phi) is 7.21. The van der Waals surface area contributed by atoms with Gasteiger partial charge in [-0.05, 0) is 86.9 Å². The van der Waals surface area contributed by atoms with E-state index in [2.05, 4.69) is 61.2 Å². The minimum absolute atomic E-state index is 0.00561. The summed E-state index contributed by atoms with van der Waals surface area (Å²) in [4.78, 5) is 2.87. The highest BCUT2D eigenvalue weighted by Crippen LogP contribution is 2.68. The highest BCUT2D eigenvalue weighted by molar-refractivity contribution is 5.62. The third-order valence-corrected chi connectivity index (χ3v) is 10.4. The van der Waals surface area contributed by atoms with Crippen molar-refractivity contribution in [2.24, 2.45) is 11.3 Å². The molecule has 2 aromatic rings. The highest BCUT2D eigenvalue weighted by atomic mass is 16.6. The van der Waals surface area contributed by atoms with Gasteiger partial charge in [0.2, 0.25) is 0 Å². The van der Waals surface area contributed by atoms with Crippen LogP contribution in [-0.4, -0.2) is 57.1 Å². The number of piperidine rings is 1. The van der Waals surface area contributed by atoms with Gasteiger partial charge in [0.25, 0.3) is 0 Å². The maximum Gasteiger partial charge on any atom is 0.165 e. The van der Waals surface area contributed by atoms with Gasteiger partial charge in [-0.3, -0.25) is 4.90 Å². The largest absolute Gasteiger partial charge is 0.493 e. The first-order chi connectivity index (χ1) is 18.6. The van der Waals surface area contributed by atoms with Crippen LogP contribution in [0.1, 0.15) is 69.1 Å². The molecule has 5 heteroatoms. The number of hydrogen-bond acceptors (Lipinski definition) is 5. The van der Waals surface area contributed by atoms with Crippen molar-refractivity contribution in [2.45, 2.75) is 89.1 Å². The molecule has 1 spiro atoms. The SMILES string of the molecule is CC[C@]1(CCCOCc2ccccc2)[C@@H]2Cc3ccc(OC)c4c3[C@]1(CCN2CC1CC1)[C@@H](C(C)OC)O4. The summed E-state index contributed by atoms with van der Waals surface area (Å²) in [6.45, 7) is 8.47. The van der Waals surface area contributed by atoms with E-state index in [0.29, 0.717) is 12.6 Å². The summed E-state index contributed by atoms with van der Waals surface area (Å²) in [7, 11) is 3.60. The number of nitrogens with zero attached hydrogens (tertiary/aromatic N) is 1. The highest BCUT2D eigenvalue weighted by Gasteiger charge is 2.70. The van der Waals surface area contributed by atoms with Crippen LogP contribution in [0.15, 0.2) is 42.5 Å². The molecule has 38 heavy (non-hydrogen) atoms. The molecule has 2 heterocycles. The Labute approximate surface area is 228 Å². The van der Waals surface area contributed by atoms with E-state index < -0.39 is 0 Å². The van der Waals surface area contributed by atoms with Gasteiger partial charge in [0, 0.05) is 37.3 Å². The molecule has 0 N–H and O–H groups in total. The van der Waals surface area contributed by atoms with Gasteiger partial charge in [0.05, 0.1) is 19.8 Å². The number of rotatable bonds is 12. The van der Waals surface area contributed by atoms with E-state index in [1.54, 1.807) is 7.11 Å². The fourth-order valence-corrected chi connectivity index (χ4v) is 8.46. The summed E-state index contributed by atoms with van der Waals surface area (Å²) in [6.07, 6.45) is 8.29. The van der Waals surface area contributed by atoms with Crippen molar-refractivity contribution in [3.05, 3.63) is 59.2 Å². The zero-order chi connectivity index (χ0) is 26.3. The van der Waals surface area contributed by atoms with Crippen LogP contribution in [0.25, 0.3) is 0 Å². The molecule has 0 amide bonds. The molecule has 6 rings (SSSR count). The molecule has 1 unspecified atom stereocenters. The molecule has 0 aromatic heterocycles. The van der Waals surface area contributed by atoms with Crippen LogP contribution < -0.4 is 9.47 Å². The molecule has 2 aliphatic carbocycles. The van der Waals surface area contributed by atoms with Crippen molar-refractivity contribution >= 4 is 0 Å². The number of benzene rings is 2. The first-order valence-electron chi connectivity index (χ1n) is 14.8. The monoisotopic (exact) mass is 519 g/mol. The lowest BCUT2D eigenvalue weighted by molar-refractivity contribution is -0.135. The molecular weight excluding hydrogens is 474 g/mol. The van der Waals surface area contributed by atoms with Crippen LogP contribution in [0.3, 0.4) is 0 Å². The van der Waals surface area contributed by atoms with Gasteiger partial charge in [-0.1, -0.05) is 43.3 Å². The lowest BCUT2D eigenvalue weighted by Gasteiger charge is -2.64. The maximum absolute atomic E-state index is 6.95. The maximum atomic E-state index is 6.95. The van der Waals surface area contributed by atoms with E-state index in [4.69, 9.17) is 18.9 Å². The van der Waals surface area contributed by atoms with E-state index in [0.717, 1.165) is 62.7 Å². The van der Waals surface area contributed by atoms with Crippen molar-refractivity contribution in [3.8, 4) is 11.5 Å². The van der Waals surface area contributed by atoms with Crippen molar-refractivity contribution in [3.63, 3.8) is 0 Å². The summed E-state index contributed by atoms with van der Waals surface area (Å²) < 4.78 is 25.1. The predicted octanol–water partition coefficient (Wildman–Crippen LogP) is 6.16. The minimum Gasteiger partial charge on any atom is -0.493 e. The zero-order valence-electron chi connectivity index (χ0n) is 23.7. The number of fused-ring (bicyclic) bond motifs is 1. The van der Waals surface area contributed by atoms with Crippen LogP contribution in [0, 0.1) is 11.3 Å². The summed E-state index contributed by atoms with van der Waals surface area (Å²) >= 11 is 0. The van der Waals surface area contributed by atoms with Gasteiger partial charge >= 0.3 is 0 Å². The summed E-state index contributed by atoms with van der Waals surface area (Å²) in [6, 6.07) is 15.5. The Hall–Kier alpha value is -2.08. The number of hydrogen-bond donors (Lipinski definition) is 0. The van der Waals surface area contributed by atoms with Crippen LogP contribution in [0.2, 0.25) is 0 Å². The molecule has 0 radical (unpaired) electrons. The van der Waals surface area contributed by atoms with Crippen LogP contribution in [0.5, 0.6) is 11.5 Å². The fraction of sp³-hybridized carbons (Fsp3) is 0.636. The molecule has 2 aromatic carbocycles. The number of likely N-dealkylation sites (tertiary alicyclic amines) is 1. The average molecular weight is 520 g/mol. The van der Waals surface area contributed by atoms with E-state index in [1.807, 2.05) is 7.11 Å². The van der Waals surface area contributed by atoms with Crippen molar-refractivity contribution < 1.29 is 18.9 Å². The Morgan fingerprint density at radius 1 is 1.11 bits per heavy atom. The Morgan fingerprint density at radius 3 is 2.63 bits per heavy atom. The van der Waals surface area contributed by atoms with Crippen LogP contribution in [0.4, 0.5) is 0 Å². The van der Waals surface area contributed by atoms with E-state index in [1.165, 1.54) is 36.1 Å². The van der Waals surface area contributed by atoms with Gasteiger partial charge in [0.15, 0.2) is 11.5 Å². The molecule has 1 saturated carbocycles. The molecule has 2 aliphatic heterocycles. The van der Waals surface area contributed by atoms with E-state index >= 15 is 0 Å². The third kappa shape index (κ3) is 4.08. The van der Waals surface area contributed by atoms with Gasteiger partial charge in [0.1, 0.15) is 6.10 Å². The smallest absolute Gasteiger partial charge is 0.165 e. The second-order valence-electron chi connectivity index (χ2n) is 12.1. The van der Waals surface area contributed by atoms with Crippen molar-refractivity contribution in [1.29, 1.82) is 0 Å². The van der Waals surface area contributed by atoms with Crippen LogP contribution in [-0.2, 0) is 27.9 Å². The fourth-order valence-electron chi connectivity index (χ4n) is 8.46. The first-order valence-corrected chi connectivity index (χ1v) is 14.8. The molecular formula is C33H45NO4. The quantitative estimate of drug-likeness (QED) is 0.314. The molecule has 5 nitrogen and oxygen atoms in total. The van der Waals surface area contributed by atoms with Crippen molar-refractivity contribution in [2.75, 3.05) is 33.9 Å². The number of methoxy groups -OCH3 is 2. The molecule has 2 fully saturated rings. The Balaban J connectivity index is 1.37. The molecule has 2 bridgehead atoms. The summed E-state index contributed by atoms with van der Waals surface area (Å²) in [5, 5.41) is 0. The minimum atomic E-state index is -0.0845. The third-order valence-electron chi connectivity index (χ3n) is 10.4. The Morgan fingerprint density at radius 2 is 1.92 bits per heavy atom. The molecule has 206 valence electrons. The van der Waals surface area contributed by atoms with Gasteiger partial charge in [-0.2, -0.15) is 0 Å². The lowest BCUT2D eigenvalue weighted by atomic mass is 9.44. The number of ether oxygens (including phenoxy) is 4. The Bertz CT molecular complexity index is 1120. The summed E-state index contributed by atoms with van der Waals surface area (Å²) in [5.41, 5.74) is 4.14. The average Bonchev–Trinajstić information content (AvgIpc) is 3.70. The molecule has 1 saturated heterocycles. The van der Waals surface area contributed by atoms with Crippen LogP contribution >= 0.6 is 0 Å². The lowest BCUT2D eigenvalue weighted by Crippen LogP contribution is -2.71. The van der Waals surface area contributed by atoms with E-state index in [9.17, 15) is 0 Å².